The van der Waals surface area contributed by atoms with E-state index in [1.54, 1.807) is 6.92 Å². The van der Waals surface area contributed by atoms with Gasteiger partial charge in [0.2, 0.25) is 0 Å². The molecule has 0 atom stereocenters. The molecule has 0 bridgehead atoms. The minimum Gasteiger partial charge on any atom is -0.377 e. The smallest absolute Gasteiger partial charge is 0.180 e. The van der Waals surface area contributed by atoms with Gasteiger partial charge in [-0.25, -0.2) is 4.39 Å². The first-order valence-corrected chi connectivity index (χ1v) is 7.91. The van der Waals surface area contributed by atoms with Gasteiger partial charge in [-0.3, -0.25) is 0 Å². The highest BCUT2D eigenvalue weighted by Crippen LogP contribution is 2.19. The van der Waals surface area contributed by atoms with Gasteiger partial charge >= 0.3 is 0 Å². The van der Waals surface area contributed by atoms with Gasteiger partial charge in [-0.2, -0.15) is 5.10 Å². The Hall–Kier alpha value is -1.85. The van der Waals surface area contributed by atoms with Gasteiger partial charge in [0.1, 0.15) is 5.82 Å². The first-order valence-electron chi connectivity index (χ1n) is 6.55. The van der Waals surface area contributed by atoms with Gasteiger partial charge < -0.3 is 5.73 Å². The Morgan fingerprint density at radius 2 is 2.05 bits per heavy atom. The second-order valence-electron chi connectivity index (χ2n) is 4.58. The van der Waals surface area contributed by atoms with E-state index in [9.17, 15) is 4.39 Å². The van der Waals surface area contributed by atoms with Gasteiger partial charge in [0, 0.05) is 16.3 Å². The molecule has 3 nitrogen and oxygen atoms in total. The molecule has 0 fully saturated rings. The zero-order valence-corrected chi connectivity index (χ0v) is 13.5. The number of thioether (sulfide) groups is 1. The Kier molecular flexibility index (Phi) is 5.98. The number of hydrogen-bond donors (Lipinski definition) is 1. The predicted molar refractivity (Wildman–Crippen MR) is 93.1 cm³/mol. The molecule has 0 unspecified atom stereocenters. The molecule has 6 heteroatoms. The fourth-order valence-electron chi connectivity index (χ4n) is 1.67. The summed E-state index contributed by atoms with van der Waals surface area (Å²) < 4.78 is 13.7. The van der Waals surface area contributed by atoms with E-state index in [1.807, 2.05) is 30.3 Å². The molecule has 0 saturated carbocycles. The molecular weight excluding hydrogens is 321 g/mol. The monoisotopic (exact) mass is 335 g/mol. The third kappa shape index (κ3) is 4.86. The van der Waals surface area contributed by atoms with Crippen molar-refractivity contribution in [2.75, 3.05) is 0 Å². The fraction of sp³-hybridized carbons (Fsp3) is 0.125. The maximum atomic E-state index is 13.7. The summed E-state index contributed by atoms with van der Waals surface area (Å²) in [6.45, 7) is 1.74. The first-order chi connectivity index (χ1) is 10.6. The van der Waals surface area contributed by atoms with Crippen LogP contribution < -0.4 is 5.73 Å². The molecule has 0 amide bonds. The van der Waals surface area contributed by atoms with E-state index in [2.05, 4.69) is 10.2 Å². The number of amidine groups is 1. The van der Waals surface area contributed by atoms with Gasteiger partial charge in [0.15, 0.2) is 5.17 Å². The van der Waals surface area contributed by atoms with E-state index in [0.29, 0.717) is 21.5 Å². The van der Waals surface area contributed by atoms with Crippen LogP contribution >= 0.6 is 23.4 Å². The number of nitrogens with zero attached hydrogens (tertiary/aromatic N) is 2. The molecule has 0 saturated heterocycles. The molecule has 0 aliphatic heterocycles. The lowest BCUT2D eigenvalue weighted by molar-refractivity contribution is 0.624. The number of hydrogen-bond acceptors (Lipinski definition) is 3. The van der Waals surface area contributed by atoms with E-state index >= 15 is 0 Å². The SMILES string of the molecule is Cc1cc(F)c(C=NN=C(N)SCc2ccccc2)cc1Cl. The average Bonchev–Trinajstić information content (AvgIpc) is 2.51. The third-order valence-electron chi connectivity index (χ3n) is 2.86. The van der Waals surface area contributed by atoms with E-state index < -0.39 is 5.82 Å². The lowest BCUT2D eigenvalue weighted by atomic mass is 10.1. The molecule has 2 aromatic rings. The second-order valence-corrected chi connectivity index (χ2v) is 5.98. The van der Waals surface area contributed by atoms with Crippen LogP contribution in [0.1, 0.15) is 16.7 Å². The first kappa shape index (κ1) is 16.5. The standard InChI is InChI=1S/C16H15ClFN3S/c1-11-7-15(18)13(8-14(11)17)9-20-21-16(19)22-10-12-5-3-2-4-6-12/h2-9H,10H2,1H3,(H2,19,21). The zero-order valence-electron chi connectivity index (χ0n) is 12.0. The van der Waals surface area contributed by atoms with Crippen LogP contribution in [0.15, 0.2) is 52.7 Å². The molecule has 0 aliphatic rings. The van der Waals surface area contributed by atoms with Crippen molar-refractivity contribution in [1.82, 2.24) is 0 Å². The molecule has 0 aromatic heterocycles. The largest absolute Gasteiger partial charge is 0.377 e. The molecule has 0 heterocycles. The molecule has 2 N–H and O–H groups in total. The summed E-state index contributed by atoms with van der Waals surface area (Å²) in [4.78, 5) is 0. The van der Waals surface area contributed by atoms with Gasteiger partial charge in [-0.1, -0.05) is 53.7 Å². The van der Waals surface area contributed by atoms with Crippen molar-refractivity contribution in [1.29, 1.82) is 0 Å². The van der Waals surface area contributed by atoms with Crippen LogP contribution in [0.25, 0.3) is 0 Å². The number of nitrogens with two attached hydrogens (primary N) is 1. The number of rotatable bonds is 4. The normalized spacial score (nSPS) is 12.0. The molecule has 2 aromatic carbocycles. The Balaban J connectivity index is 1.97. The Bertz CT molecular complexity index is 702. The van der Waals surface area contributed by atoms with Crippen LogP contribution in [0.2, 0.25) is 5.02 Å². The Labute approximate surface area is 138 Å². The minimum absolute atomic E-state index is 0.278. The number of benzene rings is 2. The highest BCUT2D eigenvalue weighted by Gasteiger charge is 2.03. The lowest BCUT2D eigenvalue weighted by Crippen LogP contribution is -2.06. The van der Waals surface area contributed by atoms with Crippen molar-refractivity contribution < 1.29 is 4.39 Å². The second kappa shape index (κ2) is 7.96. The van der Waals surface area contributed by atoms with Crippen molar-refractivity contribution in [3.05, 3.63) is 70.0 Å². The quantitative estimate of drug-likeness (QED) is 0.512. The molecule has 0 spiro atoms. The van der Waals surface area contributed by atoms with Crippen molar-refractivity contribution in [2.24, 2.45) is 15.9 Å². The summed E-state index contributed by atoms with van der Waals surface area (Å²) >= 11 is 7.32. The van der Waals surface area contributed by atoms with Crippen LogP contribution in [0, 0.1) is 12.7 Å². The lowest BCUT2D eigenvalue weighted by Gasteiger charge is -2.01. The molecular formula is C16H15ClFN3S. The summed E-state index contributed by atoms with van der Waals surface area (Å²) in [7, 11) is 0. The predicted octanol–water partition coefficient (Wildman–Crippen LogP) is 4.37. The average molecular weight is 336 g/mol. The summed E-state index contributed by atoms with van der Waals surface area (Å²) in [6.07, 6.45) is 1.30. The van der Waals surface area contributed by atoms with Crippen molar-refractivity contribution in [2.45, 2.75) is 12.7 Å². The number of aryl methyl sites for hydroxylation is 1. The highest BCUT2D eigenvalue weighted by atomic mass is 35.5. The molecule has 114 valence electrons. The summed E-state index contributed by atoms with van der Waals surface area (Å²) in [6, 6.07) is 12.8. The fourth-order valence-corrected chi connectivity index (χ4v) is 2.45. The molecule has 0 aliphatic carbocycles. The summed E-state index contributed by atoms with van der Waals surface area (Å²) in [5.41, 5.74) is 7.86. The van der Waals surface area contributed by atoms with E-state index in [-0.39, 0.29) is 5.56 Å². The van der Waals surface area contributed by atoms with Crippen LogP contribution in [-0.4, -0.2) is 11.4 Å². The van der Waals surface area contributed by atoms with Gasteiger partial charge in [-0.05, 0) is 30.2 Å². The van der Waals surface area contributed by atoms with Crippen molar-refractivity contribution in [3.63, 3.8) is 0 Å². The summed E-state index contributed by atoms with van der Waals surface area (Å²) in [5, 5.41) is 8.45. The number of halogens is 2. The minimum atomic E-state index is -0.392. The van der Waals surface area contributed by atoms with E-state index in [1.165, 1.54) is 30.1 Å². The molecule has 2 rings (SSSR count). The molecule has 0 radical (unpaired) electrons. The van der Waals surface area contributed by atoms with Gasteiger partial charge in [-0.15, -0.1) is 5.10 Å². The van der Waals surface area contributed by atoms with Crippen molar-refractivity contribution in [3.8, 4) is 0 Å². The van der Waals surface area contributed by atoms with Gasteiger partial charge in [0.25, 0.3) is 0 Å². The van der Waals surface area contributed by atoms with Crippen LogP contribution in [0.5, 0.6) is 0 Å². The highest BCUT2D eigenvalue weighted by molar-refractivity contribution is 8.13. The van der Waals surface area contributed by atoms with E-state index in [0.717, 1.165) is 5.56 Å². The van der Waals surface area contributed by atoms with E-state index in [4.69, 9.17) is 17.3 Å². The Morgan fingerprint density at radius 1 is 1.32 bits per heavy atom. The maximum absolute atomic E-state index is 13.7. The maximum Gasteiger partial charge on any atom is 0.180 e. The van der Waals surface area contributed by atoms with Crippen molar-refractivity contribution >= 4 is 34.7 Å². The van der Waals surface area contributed by atoms with Crippen LogP contribution in [-0.2, 0) is 5.75 Å². The Morgan fingerprint density at radius 3 is 2.77 bits per heavy atom. The van der Waals surface area contributed by atoms with Gasteiger partial charge in [0.05, 0.1) is 6.21 Å². The zero-order chi connectivity index (χ0) is 15.9. The topological polar surface area (TPSA) is 50.7 Å². The summed E-state index contributed by atoms with van der Waals surface area (Å²) in [5.74, 6) is 0.313. The van der Waals surface area contributed by atoms with Crippen LogP contribution in [0.3, 0.4) is 0 Å². The third-order valence-corrected chi connectivity index (χ3v) is 4.12. The molecule has 22 heavy (non-hydrogen) atoms. The van der Waals surface area contributed by atoms with Crippen LogP contribution in [0.4, 0.5) is 4.39 Å².